The second kappa shape index (κ2) is 9.98. The number of hydrogen-bond donors (Lipinski definition) is 3. The first-order valence-electron chi connectivity index (χ1n) is 8.57. The van der Waals surface area contributed by atoms with Crippen LogP contribution in [-0.2, 0) is 16.1 Å². The van der Waals surface area contributed by atoms with Crippen LogP contribution < -0.4 is 10.6 Å². The number of nitrogens with one attached hydrogen (secondary N) is 2. The van der Waals surface area contributed by atoms with Crippen LogP contribution in [0.3, 0.4) is 0 Å². The molecular weight excluding hydrogens is 322 g/mol. The van der Waals surface area contributed by atoms with E-state index in [0.29, 0.717) is 6.42 Å². The van der Waals surface area contributed by atoms with Gasteiger partial charge >= 0.3 is 6.09 Å². The van der Waals surface area contributed by atoms with E-state index >= 15 is 0 Å². The van der Waals surface area contributed by atoms with Crippen molar-refractivity contribution < 1.29 is 19.4 Å². The zero-order valence-electron chi connectivity index (χ0n) is 15.4. The highest BCUT2D eigenvalue weighted by atomic mass is 16.6. The third-order valence-electron chi connectivity index (χ3n) is 3.41. The molecule has 0 aliphatic heterocycles. The van der Waals surface area contributed by atoms with Gasteiger partial charge in [-0.1, -0.05) is 25.8 Å². The minimum Gasteiger partial charge on any atom is -0.444 e. The highest BCUT2D eigenvalue weighted by Gasteiger charge is 2.28. The van der Waals surface area contributed by atoms with Crippen molar-refractivity contribution in [2.45, 2.75) is 71.2 Å². The zero-order chi connectivity index (χ0) is 18.9. The number of alkyl carbamates (subject to hydrolysis) is 1. The van der Waals surface area contributed by atoms with Crippen LogP contribution in [-0.4, -0.2) is 39.8 Å². The quantitative estimate of drug-likeness (QED) is 0.666. The maximum atomic E-state index is 12.2. The molecule has 0 aliphatic rings. The Balaban J connectivity index is 2.62. The van der Waals surface area contributed by atoms with Crippen LogP contribution in [0.4, 0.5) is 4.79 Å². The lowest BCUT2D eigenvalue weighted by molar-refractivity contribution is -0.131. The Kier molecular flexibility index (Phi) is 8.34. The Morgan fingerprint density at radius 2 is 2.08 bits per heavy atom. The zero-order valence-corrected chi connectivity index (χ0v) is 15.4. The molecule has 2 atom stereocenters. The molecule has 0 fully saturated rings. The van der Waals surface area contributed by atoms with Crippen LogP contribution in [0.2, 0.25) is 0 Å². The second-order valence-corrected chi connectivity index (χ2v) is 6.92. The van der Waals surface area contributed by atoms with Crippen LogP contribution in [0, 0.1) is 0 Å². The molecule has 3 N–H and O–H groups in total. The maximum absolute atomic E-state index is 12.2. The summed E-state index contributed by atoms with van der Waals surface area (Å²) in [7, 11) is 0. The van der Waals surface area contributed by atoms with Gasteiger partial charge in [-0.3, -0.25) is 9.78 Å². The van der Waals surface area contributed by atoms with E-state index in [4.69, 9.17) is 4.74 Å². The molecule has 7 nitrogen and oxygen atoms in total. The summed E-state index contributed by atoms with van der Waals surface area (Å²) >= 11 is 0. The Hall–Kier alpha value is -2.15. The fourth-order valence-corrected chi connectivity index (χ4v) is 2.17. The third kappa shape index (κ3) is 8.49. The normalized spacial score (nSPS) is 13.6. The summed E-state index contributed by atoms with van der Waals surface area (Å²) in [5.41, 5.74) is 0.181. The van der Waals surface area contributed by atoms with Gasteiger partial charge in [0, 0.05) is 18.9 Å². The lowest BCUT2D eigenvalue weighted by atomic mass is 10.0. The summed E-state index contributed by atoms with van der Waals surface area (Å²) in [6, 6.07) is 2.89. The summed E-state index contributed by atoms with van der Waals surface area (Å²) in [5, 5.41) is 15.6. The predicted molar refractivity (Wildman–Crippen MR) is 94.8 cm³/mol. The van der Waals surface area contributed by atoms with E-state index in [1.165, 1.54) is 0 Å². The molecular formula is C18H29N3O4. The second-order valence-electron chi connectivity index (χ2n) is 6.92. The van der Waals surface area contributed by atoms with Gasteiger partial charge in [-0.2, -0.15) is 0 Å². The van der Waals surface area contributed by atoms with Gasteiger partial charge in [0.15, 0.2) is 6.10 Å². The van der Waals surface area contributed by atoms with E-state index in [1.807, 2.05) is 13.0 Å². The van der Waals surface area contributed by atoms with Crippen molar-refractivity contribution in [3.63, 3.8) is 0 Å². The van der Waals surface area contributed by atoms with Gasteiger partial charge in [0.1, 0.15) is 5.60 Å². The van der Waals surface area contributed by atoms with Gasteiger partial charge in [-0.05, 0) is 38.8 Å². The van der Waals surface area contributed by atoms with E-state index in [-0.39, 0.29) is 6.54 Å². The van der Waals surface area contributed by atoms with Crippen LogP contribution >= 0.6 is 0 Å². The molecule has 2 amide bonds. The molecule has 0 spiro atoms. The highest BCUT2D eigenvalue weighted by Crippen LogP contribution is 2.10. The van der Waals surface area contributed by atoms with E-state index in [1.54, 1.807) is 39.2 Å². The predicted octanol–water partition coefficient (Wildman–Crippen LogP) is 2.14. The average molecular weight is 351 g/mol. The average Bonchev–Trinajstić information content (AvgIpc) is 2.55. The maximum Gasteiger partial charge on any atom is 0.407 e. The van der Waals surface area contributed by atoms with E-state index < -0.39 is 29.7 Å². The van der Waals surface area contributed by atoms with Gasteiger partial charge < -0.3 is 20.5 Å². The SMILES string of the molecule is CCCC[C@H](NC(=O)OC(C)(C)C)[C@H](O)C(=O)NCc1cccnc1. The Bertz CT molecular complexity index is 543. The Morgan fingerprint density at radius 3 is 2.64 bits per heavy atom. The molecule has 140 valence electrons. The van der Waals surface area contributed by atoms with Crippen molar-refractivity contribution in [1.82, 2.24) is 15.6 Å². The number of aliphatic hydroxyl groups excluding tert-OH is 1. The number of hydrogen-bond acceptors (Lipinski definition) is 5. The number of nitrogens with zero attached hydrogens (tertiary/aromatic N) is 1. The lowest BCUT2D eigenvalue weighted by Crippen LogP contribution is -2.51. The van der Waals surface area contributed by atoms with Gasteiger partial charge in [0.05, 0.1) is 6.04 Å². The van der Waals surface area contributed by atoms with Crippen LogP contribution in [0.15, 0.2) is 24.5 Å². The van der Waals surface area contributed by atoms with Gasteiger partial charge in [0.25, 0.3) is 5.91 Å². The molecule has 1 aromatic heterocycles. The standard InChI is InChI=1S/C18H29N3O4/c1-5-6-9-14(21-17(24)25-18(2,3)4)15(22)16(23)20-12-13-8-7-10-19-11-13/h7-8,10-11,14-15,22H,5-6,9,12H2,1-4H3,(H,20,23)(H,21,24)/t14-,15-/m0/s1. The Morgan fingerprint density at radius 1 is 1.36 bits per heavy atom. The molecule has 7 heteroatoms. The molecule has 0 bridgehead atoms. The molecule has 0 radical (unpaired) electrons. The number of aliphatic hydroxyl groups is 1. The number of amides is 2. The van der Waals surface area contributed by atoms with Crippen molar-refractivity contribution in [2.24, 2.45) is 0 Å². The molecule has 1 rings (SSSR count). The molecule has 25 heavy (non-hydrogen) atoms. The number of pyridine rings is 1. The van der Waals surface area contributed by atoms with Crippen molar-refractivity contribution in [3.05, 3.63) is 30.1 Å². The molecule has 0 saturated carbocycles. The molecule has 0 saturated heterocycles. The van der Waals surface area contributed by atoms with Crippen molar-refractivity contribution in [3.8, 4) is 0 Å². The smallest absolute Gasteiger partial charge is 0.407 e. The Labute approximate surface area is 149 Å². The molecule has 1 aromatic rings. The summed E-state index contributed by atoms with van der Waals surface area (Å²) in [6.45, 7) is 7.52. The van der Waals surface area contributed by atoms with Crippen LogP contribution in [0.1, 0.15) is 52.5 Å². The van der Waals surface area contributed by atoms with E-state index in [2.05, 4.69) is 15.6 Å². The van der Waals surface area contributed by atoms with Crippen molar-refractivity contribution in [1.29, 1.82) is 0 Å². The molecule has 1 heterocycles. The van der Waals surface area contributed by atoms with E-state index in [9.17, 15) is 14.7 Å². The van der Waals surface area contributed by atoms with Crippen molar-refractivity contribution in [2.75, 3.05) is 0 Å². The van der Waals surface area contributed by atoms with Crippen molar-refractivity contribution >= 4 is 12.0 Å². The fourth-order valence-electron chi connectivity index (χ4n) is 2.17. The molecule has 0 unspecified atom stereocenters. The largest absolute Gasteiger partial charge is 0.444 e. The summed E-state index contributed by atoms with van der Waals surface area (Å²) in [4.78, 5) is 28.1. The van der Waals surface area contributed by atoms with Gasteiger partial charge in [-0.15, -0.1) is 0 Å². The van der Waals surface area contributed by atoms with Gasteiger partial charge in [-0.25, -0.2) is 4.79 Å². The first-order chi connectivity index (χ1) is 11.7. The van der Waals surface area contributed by atoms with Crippen LogP contribution in [0.25, 0.3) is 0 Å². The van der Waals surface area contributed by atoms with Gasteiger partial charge in [0.2, 0.25) is 0 Å². The first-order valence-corrected chi connectivity index (χ1v) is 8.57. The number of carbonyl (C=O) groups excluding carboxylic acids is 2. The third-order valence-corrected chi connectivity index (χ3v) is 3.41. The van der Waals surface area contributed by atoms with Crippen LogP contribution in [0.5, 0.6) is 0 Å². The molecule has 0 aliphatic carbocycles. The lowest BCUT2D eigenvalue weighted by Gasteiger charge is -2.26. The molecule has 0 aromatic carbocycles. The topological polar surface area (TPSA) is 101 Å². The number of ether oxygens (including phenoxy) is 1. The fraction of sp³-hybridized carbons (Fsp3) is 0.611. The number of aromatic nitrogens is 1. The monoisotopic (exact) mass is 351 g/mol. The first kappa shape index (κ1) is 20.9. The minimum atomic E-state index is -1.35. The number of rotatable bonds is 8. The number of carbonyl (C=O) groups is 2. The summed E-state index contributed by atoms with van der Waals surface area (Å²) in [5.74, 6) is -0.541. The van der Waals surface area contributed by atoms with E-state index in [0.717, 1.165) is 18.4 Å². The summed E-state index contributed by atoms with van der Waals surface area (Å²) in [6.07, 6.45) is 3.43. The number of unbranched alkanes of at least 4 members (excludes halogenated alkanes) is 1. The summed E-state index contributed by atoms with van der Waals surface area (Å²) < 4.78 is 5.21. The minimum absolute atomic E-state index is 0.261. The highest BCUT2D eigenvalue weighted by molar-refractivity contribution is 5.82.